The summed E-state index contributed by atoms with van der Waals surface area (Å²) in [5, 5.41) is 1.35. The van der Waals surface area contributed by atoms with Crippen molar-refractivity contribution in [1.82, 2.24) is 9.55 Å². The van der Waals surface area contributed by atoms with Crippen LogP contribution in [0.1, 0.15) is 23.0 Å². The number of esters is 1. The van der Waals surface area contributed by atoms with Gasteiger partial charge >= 0.3 is 12.1 Å². The van der Waals surface area contributed by atoms with Crippen molar-refractivity contribution in [3.8, 4) is 0 Å². The lowest BCUT2D eigenvalue weighted by Crippen LogP contribution is -2.26. The zero-order valence-corrected chi connectivity index (χ0v) is 15.2. The van der Waals surface area contributed by atoms with E-state index in [1.165, 1.54) is 18.2 Å². The summed E-state index contributed by atoms with van der Waals surface area (Å²) in [5.74, 6) is -1.34. The van der Waals surface area contributed by atoms with Gasteiger partial charge in [0.25, 0.3) is 5.56 Å². The van der Waals surface area contributed by atoms with Crippen LogP contribution in [-0.2, 0) is 10.9 Å². The second-order valence-corrected chi connectivity index (χ2v) is 5.75. The molecular weight excluding hydrogens is 410 g/mol. The Kier molecular flexibility index (Phi) is 6.17. The average molecular weight is 422 g/mol. The molecule has 1 N–H and O–H groups in total. The highest BCUT2D eigenvalue weighted by molar-refractivity contribution is 6.34. The first-order chi connectivity index (χ1) is 12.6. The van der Waals surface area contributed by atoms with Crippen LogP contribution >= 0.6 is 23.2 Å². The Morgan fingerprint density at radius 2 is 2.07 bits per heavy atom. The first-order valence-electron chi connectivity index (χ1n) is 7.36. The molecule has 2 aromatic rings. The molecule has 27 heavy (non-hydrogen) atoms. The molecule has 0 saturated heterocycles. The molecule has 0 aliphatic heterocycles. The van der Waals surface area contributed by atoms with Crippen molar-refractivity contribution in [3.05, 3.63) is 56.4 Å². The van der Waals surface area contributed by atoms with Crippen LogP contribution in [0.3, 0.4) is 0 Å². The van der Waals surface area contributed by atoms with Gasteiger partial charge in [0.2, 0.25) is 5.95 Å². The van der Waals surface area contributed by atoms with Crippen molar-refractivity contribution < 1.29 is 22.7 Å². The van der Waals surface area contributed by atoms with Crippen LogP contribution in [0.4, 0.5) is 24.8 Å². The zero-order valence-electron chi connectivity index (χ0n) is 13.7. The number of nitrogens with zero attached hydrogens (tertiary/aromatic N) is 2. The van der Waals surface area contributed by atoms with Crippen molar-refractivity contribution in [2.75, 3.05) is 11.9 Å². The first kappa shape index (κ1) is 20.8. The van der Waals surface area contributed by atoms with Gasteiger partial charge in [-0.1, -0.05) is 35.8 Å². The van der Waals surface area contributed by atoms with Gasteiger partial charge < -0.3 is 10.1 Å². The molecule has 0 saturated carbocycles. The van der Waals surface area contributed by atoms with E-state index in [1.54, 1.807) is 6.92 Å². The molecule has 0 spiro atoms. The number of nitrogens with one attached hydrogen (secondary N) is 1. The Morgan fingerprint density at radius 1 is 1.41 bits per heavy atom. The summed E-state index contributed by atoms with van der Waals surface area (Å²) >= 11 is 11.6. The van der Waals surface area contributed by atoms with Crippen molar-refractivity contribution in [1.29, 1.82) is 0 Å². The van der Waals surface area contributed by atoms with Crippen molar-refractivity contribution in [2.45, 2.75) is 13.1 Å². The lowest BCUT2D eigenvalue weighted by atomic mass is 10.2. The summed E-state index contributed by atoms with van der Waals surface area (Å²) in [7, 11) is 0. The van der Waals surface area contributed by atoms with Gasteiger partial charge in [-0.3, -0.25) is 9.36 Å². The maximum atomic E-state index is 13.1. The minimum absolute atomic E-state index is 0.00563. The number of rotatable bonds is 5. The standard InChI is InChI=1S/C16H12Cl2F3N3O3/c1-3-24-13(25)10(18)12(16(19,20)21)23-15(24)22-11-8(14(26)27-4-2)6-5-7-9(11)17/h3,5-7H,1,4H2,2H3,(H,22,23). The Labute approximate surface area is 161 Å². The largest absolute Gasteiger partial charge is 0.462 e. The smallest absolute Gasteiger partial charge is 0.435 e. The lowest BCUT2D eigenvalue weighted by Gasteiger charge is -2.17. The monoisotopic (exact) mass is 421 g/mol. The van der Waals surface area contributed by atoms with E-state index in [2.05, 4.69) is 16.9 Å². The number of ether oxygens (including phenoxy) is 1. The number of aromatic nitrogens is 2. The average Bonchev–Trinajstić information content (AvgIpc) is 2.59. The molecule has 144 valence electrons. The van der Waals surface area contributed by atoms with E-state index in [1.807, 2.05) is 0 Å². The number of hydrogen-bond donors (Lipinski definition) is 1. The second kappa shape index (κ2) is 8.01. The fourth-order valence-corrected chi connectivity index (χ4v) is 2.56. The number of hydrogen-bond acceptors (Lipinski definition) is 5. The van der Waals surface area contributed by atoms with E-state index in [0.29, 0.717) is 4.57 Å². The SMILES string of the molecule is C=Cn1c(Nc2c(Cl)cccc2C(=O)OCC)nc(C(F)(F)F)c(Cl)c1=O. The molecule has 1 heterocycles. The Bertz CT molecular complexity index is 958. The van der Waals surface area contributed by atoms with Crippen LogP contribution in [0.5, 0.6) is 0 Å². The molecule has 6 nitrogen and oxygen atoms in total. The van der Waals surface area contributed by atoms with Crippen molar-refractivity contribution in [2.24, 2.45) is 0 Å². The van der Waals surface area contributed by atoms with E-state index < -0.39 is 34.4 Å². The predicted octanol–water partition coefficient (Wildman–Crippen LogP) is 4.59. The van der Waals surface area contributed by atoms with E-state index >= 15 is 0 Å². The number of halogens is 5. The molecular formula is C16H12Cl2F3N3O3. The van der Waals surface area contributed by atoms with Gasteiger partial charge in [0, 0.05) is 6.20 Å². The van der Waals surface area contributed by atoms with Gasteiger partial charge in [0.05, 0.1) is 22.9 Å². The maximum absolute atomic E-state index is 13.1. The topological polar surface area (TPSA) is 73.2 Å². The summed E-state index contributed by atoms with van der Waals surface area (Å²) in [6.07, 6.45) is -4.05. The Morgan fingerprint density at radius 3 is 2.63 bits per heavy atom. The van der Waals surface area contributed by atoms with Gasteiger partial charge in [0.15, 0.2) is 5.69 Å². The zero-order chi connectivity index (χ0) is 20.4. The lowest BCUT2D eigenvalue weighted by molar-refractivity contribution is -0.141. The van der Waals surface area contributed by atoms with E-state index in [9.17, 15) is 22.8 Å². The molecule has 0 radical (unpaired) electrons. The van der Waals surface area contributed by atoms with Gasteiger partial charge in [-0.05, 0) is 19.1 Å². The van der Waals surface area contributed by atoms with Crippen LogP contribution < -0.4 is 10.9 Å². The number of alkyl halides is 3. The van der Waals surface area contributed by atoms with Gasteiger partial charge in [0.1, 0.15) is 5.02 Å². The fraction of sp³-hybridized carbons (Fsp3) is 0.188. The van der Waals surface area contributed by atoms with Gasteiger partial charge in [-0.25, -0.2) is 9.78 Å². The van der Waals surface area contributed by atoms with Crippen LogP contribution in [0.25, 0.3) is 6.20 Å². The van der Waals surface area contributed by atoms with Gasteiger partial charge in [-0.15, -0.1) is 0 Å². The van der Waals surface area contributed by atoms with Crippen LogP contribution in [0.15, 0.2) is 29.6 Å². The second-order valence-electron chi connectivity index (χ2n) is 4.96. The molecule has 0 unspecified atom stereocenters. The molecule has 0 atom stereocenters. The van der Waals surface area contributed by atoms with Crippen molar-refractivity contribution >= 4 is 47.0 Å². The minimum atomic E-state index is -4.97. The molecule has 0 aliphatic rings. The molecule has 0 aliphatic carbocycles. The molecule has 11 heteroatoms. The van der Waals surface area contributed by atoms with Gasteiger partial charge in [-0.2, -0.15) is 13.2 Å². The fourth-order valence-electron chi connectivity index (χ4n) is 2.10. The molecule has 1 aromatic heterocycles. The Balaban J connectivity index is 2.68. The summed E-state index contributed by atoms with van der Waals surface area (Å²) in [4.78, 5) is 27.6. The molecule has 0 amide bonds. The number of para-hydroxylation sites is 1. The molecule has 1 aromatic carbocycles. The highest BCUT2D eigenvalue weighted by atomic mass is 35.5. The van der Waals surface area contributed by atoms with E-state index in [0.717, 1.165) is 6.20 Å². The summed E-state index contributed by atoms with van der Waals surface area (Å²) in [5.41, 5.74) is -2.92. The predicted molar refractivity (Wildman–Crippen MR) is 95.6 cm³/mol. The molecule has 0 bridgehead atoms. The minimum Gasteiger partial charge on any atom is -0.462 e. The number of anilines is 2. The number of carbonyl (C=O) groups excluding carboxylic acids is 1. The summed E-state index contributed by atoms with van der Waals surface area (Å²) in [6, 6.07) is 4.20. The summed E-state index contributed by atoms with van der Waals surface area (Å²) < 4.78 is 44.9. The van der Waals surface area contributed by atoms with E-state index in [4.69, 9.17) is 27.9 Å². The highest BCUT2D eigenvalue weighted by Crippen LogP contribution is 2.34. The van der Waals surface area contributed by atoms with Crippen molar-refractivity contribution in [3.63, 3.8) is 0 Å². The number of benzene rings is 1. The third-order valence-corrected chi connectivity index (χ3v) is 3.91. The first-order valence-corrected chi connectivity index (χ1v) is 8.11. The Hall–Kier alpha value is -2.52. The van der Waals surface area contributed by atoms with Crippen LogP contribution in [0, 0.1) is 0 Å². The normalized spacial score (nSPS) is 11.2. The third kappa shape index (κ3) is 4.25. The number of carbonyl (C=O) groups is 1. The van der Waals surface area contributed by atoms with Crippen LogP contribution in [0.2, 0.25) is 10.0 Å². The molecule has 2 rings (SSSR count). The molecule has 0 fully saturated rings. The van der Waals surface area contributed by atoms with Crippen LogP contribution in [-0.4, -0.2) is 22.1 Å². The highest BCUT2D eigenvalue weighted by Gasteiger charge is 2.38. The maximum Gasteiger partial charge on any atom is 0.435 e. The van der Waals surface area contributed by atoms with E-state index in [-0.39, 0.29) is 22.9 Å². The summed E-state index contributed by atoms with van der Waals surface area (Å²) in [6.45, 7) is 5.01. The third-order valence-electron chi connectivity index (χ3n) is 3.26. The quantitative estimate of drug-likeness (QED) is 0.714.